The van der Waals surface area contributed by atoms with Crippen LogP contribution in [0.5, 0.6) is 5.88 Å². The largest absolute Gasteiger partial charge is 0.469 e. The van der Waals surface area contributed by atoms with E-state index in [1.807, 2.05) is 56.0 Å². The minimum absolute atomic E-state index is 0.0162. The van der Waals surface area contributed by atoms with E-state index < -0.39 is 0 Å². The Balaban J connectivity index is 1.33. The average Bonchev–Trinajstić information content (AvgIpc) is 3.35. The van der Waals surface area contributed by atoms with Crippen LogP contribution in [-0.4, -0.2) is 34.0 Å². The molecule has 4 aromatic rings. The number of aryl methyl sites for hydroxylation is 1. The number of rotatable bonds is 7. The van der Waals surface area contributed by atoms with Crippen molar-refractivity contribution < 1.29 is 4.74 Å². The molecule has 176 valence electrons. The van der Waals surface area contributed by atoms with Crippen molar-refractivity contribution in [3.63, 3.8) is 0 Å². The molecule has 2 N–H and O–H groups in total. The predicted octanol–water partition coefficient (Wildman–Crippen LogP) is 4.66. The van der Waals surface area contributed by atoms with E-state index in [1.54, 1.807) is 4.68 Å². The second-order valence-electron chi connectivity index (χ2n) is 8.95. The normalized spacial score (nSPS) is 16.3. The molecule has 5 rings (SSSR count). The Morgan fingerprint density at radius 1 is 1.11 bits per heavy atom. The molecule has 0 fully saturated rings. The van der Waals surface area contributed by atoms with Crippen LogP contribution >= 0.6 is 0 Å². The summed E-state index contributed by atoms with van der Waals surface area (Å²) in [4.78, 5) is 4.61. The van der Waals surface area contributed by atoms with Gasteiger partial charge in [0.25, 0.3) is 0 Å². The van der Waals surface area contributed by atoms with Crippen LogP contribution in [0.2, 0.25) is 0 Å². The Bertz CT molecular complexity index is 1330. The standard InChI is InChI=1S/C28H28N6O/c1-19(21-10-8-20(13-29)9-11-21)14-31-27(22-6-4-3-5-7-22)26-17-30-25-12-23(15-32-28(25)35-26)24-16-33-34(2)18-24/h3-12,15-16,18-19,26-27,30-31H,14,17H2,1-2H3/t19-,26+,27-/m1/s1. The summed E-state index contributed by atoms with van der Waals surface area (Å²) in [6.45, 7) is 3.61. The summed E-state index contributed by atoms with van der Waals surface area (Å²) < 4.78 is 8.20. The molecule has 0 amide bonds. The van der Waals surface area contributed by atoms with Gasteiger partial charge in [0.1, 0.15) is 6.10 Å². The van der Waals surface area contributed by atoms with Crippen molar-refractivity contribution in [1.82, 2.24) is 20.1 Å². The van der Waals surface area contributed by atoms with Gasteiger partial charge in [0.15, 0.2) is 0 Å². The smallest absolute Gasteiger partial charge is 0.237 e. The van der Waals surface area contributed by atoms with Crippen molar-refractivity contribution in [2.45, 2.75) is 25.0 Å². The second-order valence-corrected chi connectivity index (χ2v) is 8.95. The summed E-state index contributed by atoms with van der Waals surface area (Å²) in [6, 6.07) is 22.4. The summed E-state index contributed by atoms with van der Waals surface area (Å²) >= 11 is 0. The third kappa shape index (κ3) is 5.03. The SMILES string of the molecule is C[C@H](CN[C@H](c1ccccc1)[C@@H]1CNc2cc(-c3cnn(C)c3)cnc2O1)c1ccc(C#N)cc1. The van der Waals surface area contributed by atoms with E-state index >= 15 is 0 Å². The number of hydrogen-bond acceptors (Lipinski definition) is 6. The van der Waals surface area contributed by atoms with Gasteiger partial charge < -0.3 is 15.4 Å². The van der Waals surface area contributed by atoms with Gasteiger partial charge in [-0.1, -0.05) is 49.4 Å². The van der Waals surface area contributed by atoms with E-state index in [2.05, 4.69) is 64.0 Å². The number of nitrogens with one attached hydrogen (secondary N) is 2. The second kappa shape index (κ2) is 10.00. The van der Waals surface area contributed by atoms with Crippen LogP contribution in [0.3, 0.4) is 0 Å². The van der Waals surface area contributed by atoms with E-state index in [0.29, 0.717) is 18.0 Å². The van der Waals surface area contributed by atoms with Crippen LogP contribution in [0.1, 0.15) is 35.6 Å². The van der Waals surface area contributed by atoms with Gasteiger partial charge in [0.05, 0.1) is 36.1 Å². The molecular formula is C28H28N6O. The van der Waals surface area contributed by atoms with Gasteiger partial charge in [-0.3, -0.25) is 4.68 Å². The lowest BCUT2D eigenvalue weighted by atomic mass is 9.96. The number of nitriles is 1. The van der Waals surface area contributed by atoms with E-state index in [1.165, 1.54) is 11.1 Å². The highest BCUT2D eigenvalue weighted by Gasteiger charge is 2.30. The lowest BCUT2D eigenvalue weighted by Gasteiger charge is -2.34. The maximum atomic E-state index is 9.07. The fourth-order valence-corrected chi connectivity index (χ4v) is 4.41. The molecule has 0 radical (unpaired) electrons. The molecule has 1 aliphatic heterocycles. The molecule has 2 aromatic carbocycles. The molecule has 2 aromatic heterocycles. The fraction of sp³-hybridized carbons (Fsp3) is 0.250. The Morgan fingerprint density at radius 3 is 2.63 bits per heavy atom. The zero-order chi connectivity index (χ0) is 24.2. The first-order valence-electron chi connectivity index (χ1n) is 11.8. The molecular weight excluding hydrogens is 436 g/mol. The van der Waals surface area contributed by atoms with Crippen molar-refractivity contribution in [3.05, 3.63) is 95.9 Å². The first-order valence-corrected chi connectivity index (χ1v) is 11.8. The molecule has 7 heteroatoms. The lowest BCUT2D eigenvalue weighted by molar-refractivity contribution is 0.149. The molecule has 0 spiro atoms. The summed E-state index contributed by atoms with van der Waals surface area (Å²) in [5, 5.41) is 20.6. The Morgan fingerprint density at radius 2 is 1.91 bits per heavy atom. The molecule has 35 heavy (non-hydrogen) atoms. The minimum atomic E-state index is -0.130. The summed E-state index contributed by atoms with van der Waals surface area (Å²) in [5.74, 6) is 0.884. The predicted molar refractivity (Wildman–Crippen MR) is 136 cm³/mol. The molecule has 3 heterocycles. The van der Waals surface area contributed by atoms with Gasteiger partial charge in [-0.15, -0.1) is 0 Å². The fourth-order valence-electron chi connectivity index (χ4n) is 4.41. The molecule has 0 bridgehead atoms. The number of benzene rings is 2. The van der Waals surface area contributed by atoms with Gasteiger partial charge >= 0.3 is 0 Å². The molecule has 0 saturated heterocycles. The van der Waals surface area contributed by atoms with E-state index in [4.69, 9.17) is 10.00 Å². The number of aromatic nitrogens is 3. The van der Waals surface area contributed by atoms with E-state index in [0.717, 1.165) is 23.4 Å². The van der Waals surface area contributed by atoms with Crippen LogP contribution < -0.4 is 15.4 Å². The van der Waals surface area contributed by atoms with Crippen molar-refractivity contribution in [3.8, 4) is 23.1 Å². The number of hydrogen-bond donors (Lipinski definition) is 2. The average molecular weight is 465 g/mol. The number of fused-ring (bicyclic) bond motifs is 1. The number of pyridine rings is 1. The van der Waals surface area contributed by atoms with Crippen LogP contribution in [0.4, 0.5) is 5.69 Å². The highest BCUT2D eigenvalue weighted by molar-refractivity contribution is 5.69. The maximum absolute atomic E-state index is 9.07. The highest BCUT2D eigenvalue weighted by atomic mass is 16.5. The molecule has 7 nitrogen and oxygen atoms in total. The van der Waals surface area contributed by atoms with Gasteiger partial charge in [0, 0.05) is 37.1 Å². The summed E-state index contributed by atoms with van der Waals surface area (Å²) in [5.41, 5.74) is 5.95. The maximum Gasteiger partial charge on any atom is 0.237 e. The third-order valence-corrected chi connectivity index (χ3v) is 6.43. The minimum Gasteiger partial charge on any atom is -0.469 e. The van der Waals surface area contributed by atoms with Crippen molar-refractivity contribution >= 4 is 5.69 Å². The molecule has 3 atom stereocenters. The van der Waals surface area contributed by atoms with E-state index in [9.17, 15) is 0 Å². The first-order chi connectivity index (χ1) is 17.1. The highest BCUT2D eigenvalue weighted by Crippen LogP contribution is 2.34. The molecule has 0 unspecified atom stereocenters. The number of nitrogens with zero attached hydrogens (tertiary/aromatic N) is 4. The van der Waals surface area contributed by atoms with Gasteiger partial charge in [-0.05, 0) is 35.2 Å². The molecule has 0 aliphatic carbocycles. The third-order valence-electron chi connectivity index (χ3n) is 6.43. The zero-order valence-corrected chi connectivity index (χ0v) is 19.8. The van der Waals surface area contributed by atoms with Crippen molar-refractivity contribution in [1.29, 1.82) is 5.26 Å². The van der Waals surface area contributed by atoms with Crippen LogP contribution in [-0.2, 0) is 7.05 Å². The van der Waals surface area contributed by atoms with Crippen molar-refractivity contribution in [2.24, 2.45) is 7.05 Å². The Kier molecular flexibility index (Phi) is 6.47. The lowest BCUT2D eigenvalue weighted by Crippen LogP contribution is -2.43. The monoisotopic (exact) mass is 464 g/mol. The van der Waals surface area contributed by atoms with Crippen LogP contribution in [0.25, 0.3) is 11.1 Å². The molecule has 0 saturated carbocycles. The van der Waals surface area contributed by atoms with Gasteiger partial charge in [-0.25, -0.2) is 4.98 Å². The quantitative estimate of drug-likeness (QED) is 0.414. The van der Waals surface area contributed by atoms with Gasteiger partial charge in [0.2, 0.25) is 5.88 Å². The topological polar surface area (TPSA) is 87.8 Å². The zero-order valence-electron chi connectivity index (χ0n) is 19.8. The number of ether oxygens (including phenoxy) is 1. The van der Waals surface area contributed by atoms with Gasteiger partial charge in [-0.2, -0.15) is 10.4 Å². The van der Waals surface area contributed by atoms with Crippen LogP contribution in [0, 0.1) is 11.3 Å². The van der Waals surface area contributed by atoms with E-state index in [-0.39, 0.29) is 18.1 Å². The summed E-state index contributed by atoms with van der Waals surface area (Å²) in [6.07, 6.45) is 5.51. The first kappa shape index (κ1) is 22.6. The molecule has 1 aliphatic rings. The van der Waals surface area contributed by atoms with Crippen molar-refractivity contribution in [2.75, 3.05) is 18.4 Å². The number of anilines is 1. The summed E-state index contributed by atoms with van der Waals surface area (Å²) in [7, 11) is 1.90. The van der Waals surface area contributed by atoms with Crippen LogP contribution in [0.15, 0.2) is 79.3 Å². The Labute approximate surface area is 205 Å². The Hall–Kier alpha value is -4.15.